The van der Waals surface area contributed by atoms with Crippen molar-refractivity contribution >= 4 is 29.8 Å². The molecular formula is C51H43FO12. The van der Waals surface area contributed by atoms with Crippen LogP contribution in [0.3, 0.4) is 0 Å². The van der Waals surface area contributed by atoms with Gasteiger partial charge < -0.3 is 33.2 Å². The first-order valence-corrected chi connectivity index (χ1v) is 19.3. The standard InChI is InChI=1S/C51H43FO12/c1-32(2)47(53)59-29-28-58-40-22-15-37(16-23-40)12-11-36-13-20-39(21-14-36)51(57)63-44-30-45(62-49(55)34(5)6)43(46(42(44)10-9-27-52)64-50(56)35(7)8)26-19-38-17-24-41(25-18-38)60-31-61-48(54)33(3)4/h13-18,20-25,28-30H,1,3,5,7,9-10,27,31H2,2,4,6,8H3/b29-28+. The van der Waals surface area contributed by atoms with Crippen LogP contribution < -0.4 is 23.7 Å². The van der Waals surface area contributed by atoms with Crippen molar-refractivity contribution in [2.75, 3.05) is 13.5 Å². The van der Waals surface area contributed by atoms with Gasteiger partial charge in [0.05, 0.1) is 12.2 Å². The van der Waals surface area contributed by atoms with Crippen LogP contribution >= 0.6 is 0 Å². The molecule has 0 aromatic heterocycles. The van der Waals surface area contributed by atoms with Crippen LogP contribution in [0.1, 0.15) is 72.3 Å². The highest BCUT2D eigenvalue weighted by molar-refractivity contribution is 5.94. The molecule has 12 nitrogen and oxygen atoms in total. The summed E-state index contributed by atoms with van der Waals surface area (Å²) in [7, 11) is 0. The average Bonchev–Trinajstić information content (AvgIpc) is 3.27. The number of ether oxygens (including phenoxy) is 7. The summed E-state index contributed by atoms with van der Waals surface area (Å²) in [6.07, 6.45) is 2.16. The largest absolute Gasteiger partial charge is 0.462 e. The van der Waals surface area contributed by atoms with Gasteiger partial charge in [-0.1, -0.05) is 50.0 Å². The van der Waals surface area contributed by atoms with Gasteiger partial charge in [0, 0.05) is 50.6 Å². The minimum Gasteiger partial charge on any atom is -0.462 e. The van der Waals surface area contributed by atoms with Crippen LogP contribution in [0.25, 0.3) is 0 Å². The summed E-state index contributed by atoms with van der Waals surface area (Å²) in [6.45, 7) is 19.0. The molecule has 0 bridgehead atoms. The van der Waals surface area contributed by atoms with Crippen molar-refractivity contribution in [1.82, 2.24) is 0 Å². The fraction of sp³-hybridized carbons (Fsp3) is 0.157. The van der Waals surface area contributed by atoms with Crippen molar-refractivity contribution in [1.29, 1.82) is 0 Å². The van der Waals surface area contributed by atoms with Crippen molar-refractivity contribution in [3.63, 3.8) is 0 Å². The van der Waals surface area contributed by atoms with Crippen molar-refractivity contribution in [2.24, 2.45) is 0 Å². The number of halogens is 1. The number of rotatable bonds is 17. The van der Waals surface area contributed by atoms with Gasteiger partial charge in [-0.3, -0.25) is 4.39 Å². The molecule has 0 aliphatic carbocycles. The number of esters is 5. The molecule has 64 heavy (non-hydrogen) atoms. The number of hydrogen-bond donors (Lipinski definition) is 0. The molecule has 0 N–H and O–H groups in total. The summed E-state index contributed by atoms with van der Waals surface area (Å²) >= 11 is 0. The Morgan fingerprint density at radius 1 is 0.594 bits per heavy atom. The van der Waals surface area contributed by atoms with Gasteiger partial charge in [0.15, 0.2) is 11.5 Å². The fourth-order valence-electron chi connectivity index (χ4n) is 4.85. The van der Waals surface area contributed by atoms with Gasteiger partial charge >= 0.3 is 29.8 Å². The second-order valence-electron chi connectivity index (χ2n) is 13.8. The summed E-state index contributed by atoms with van der Waals surface area (Å²) < 4.78 is 51.7. The monoisotopic (exact) mass is 866 g/mol. The molecule has 0 unspecified atom stereocenters. The zero-order chi connectivity index (χ0) is 46.8. The molecule has 326 valence electrons. The number of carbonyl (C=O) groups is 5. The van der Waals surface area contributed by atoms with Gasteiger partial charge in [-0.2, -0.15) is 0 Å². The number of alkyl halides is 1. The topological polar surface area (TPSA) is 150 Å². The predicted molar refractivity (Wildman–Crippen MR) is 235 cm³/mol. The minimum atomic E-state index is -0.879. The van der Waals surface area contributed by atoms with Crippen LogP contribution in [-0.2, 0) is 35.1 Å². The Hall–Kier alpha value is -8.42. The van der Waals surface area contributed by atoms with Gasteiger partial charge in [0.2, 0.25) is 6.79 Å². The molecule has 0 radical (unpaired) electrons. The van der Waals surface area contributed by atoms with Gasteiger partial charge in [0.1, 0.15) is 35.3 Å². The third-order valence-corrected chi connectivity index (χ3v) is 8.22. The van der Waals surface area contributed by atoms with Crippen molar-refractivity contribution in [3.05, 3.63) is 173 Å². The highest BCUT2D eigenvalue weighted by atomic mass is 19.1. The van der Waals surface area contributed by atoms with Gasteiger partial charge in [-0.25, -0.2) is 24.0 Å². The summed E-state index contributed by atoms with van der Waals surface area (Å²) in [5.74, 6) is 8.26. The Balaban J connectivity index is 1.65. The lowest BCUT2D eigenvalue weighted by Gasteiger charge is -2.19. The zero-order valence-corrected chi connectivity index (χ0v) is 35.6. The first kappa shape index (κ1) is 48.2. The van der Waals surface area contributed by atoms with Crippen LogP contribution in [0, 0.1) is 23.7 Å². The molecular weight excluding hydrogens is 824 g/mol. The van der Waals surface area contributed by atoms with Crippen LogP contribution in [0.15, 0.2) is 140 Å². The molecule has 0 atom stereocenters. The molecule has 4 aromatic rings. The normalized spacial score (nSPS) is 10.1. The highest BCUT2D eigenvalue weighted by Gasteiger charge is 2.26. The van der Waals surface area contributed by atoms with Crippen LogP contribution in [0.4, 0.5) is 4.39 Å². The van der Waals surface area contributed by atoms with E-state index in [0.29, 0.717) is 28.2 Å². The molecule has 0 fully saturated rings. The van der Waals surface area contributed by atoms with E-state index in [-0.39, 0.29) is 75.9 Å². The maximum atomic E-state index is 13.8. The third kappa shape index (κ3) is 14.6. The number of benzene rings is 4. The maximum absolute atomic E-state index is 13.8. The Morgan fingerprint density at radius 3 is 1.66 bits per heavy atom. The van der Waals surface area contributed by atoms with E-state index in [2.05, 4.69) is 50.0 Å². The van der Waals surface area contributed by atoms with E-state index in [1.165, 1.54) is 52.2 Å². The van der Waals surface area contributed by atoms with Gasteiger partial charge in [-0.05, 0) is 113 Å². The highest BCUT2D eigenvalue weighted by Crippen LogP contribution is 2.41. The fourth-order valence-corrected chi connectivity index (χ4v) is 4.85. The van der Waals surface area contributed by atoms with Gasteiger partial charge in [0.25, 0.3) is 0 Å². The Morgan fingerprint density at radius 2 is 1.11 bits per heavy atom. The van der Waals surface area contributed by atoms with E-state index < -0.39 is 36.5 Å². The summed E-state index contributed by atoms with van der Waals surface area (Å²) in [5, 5.41) is 0. The van der Waals surface area contributed by atoms with Crippen LogP contribution in [-0.4, -0.2) is 43.3 Å². The van der Waals surface area contributed by atoms with E-state index in [1.54, 1.807) is 60.7 Å². The summed E-state index contributed by atoms with van der Waals surface area (Å²) in [6, 6.07) is 20.6. The second-order valence-corrected chi connectivity index (χ2v) is 13.8. The first-order valence-electron chi connectivity index (χ1n) is 19.3. The summed E-state index contributed by atoms with van der Waals surface area (Å²) in [5.41, 5.74) is 2.27. The Labute approximate surface area is 370 Å². The van der Waals surface area contributed by atoms with E-state index in [4.69, 9.17) is 33.2 Å². The van der Waals surface area contributed by atoms with E-state index in [1.807, 2.05) is 0 Å². The summed E-state index contributed by atoms with van der Waals surface area (Å²) in [4.78, 5) is 62.8. The molecule has 0 aliphatic rings. The molecule has 4 aromatic carbocycles. The third-order valence-electron chi connectivity index (χ3n) is 8.22. The van der Waals surface area contributed by atoms with Crippen molar-refractivity contribution < 1.29 is 61.5 Å². The van der Waals surface area contributed by atoms with Crippen molar-refractivity contribution in [3.8, 4) is 52.4 Å². The second kappa shape index (κ2) is 23.5. The lowest BCUT2D eigenvalue weighted by Crippen LogP contribution is -2.16. The molecule has 13 heteroatoms. The molecule has 0 aliphatic heterocycles. The SMILES string of the molecule is C=C(C)C(=O)O/C=C/Oc1ccc(C#Cc2ccc(C(=O)Oc3cc(OC(=O)C(=C)C)c(C#Cc4ccc(OCOC(=O)C(=C)C)cc4)c(OC(=O)C(=C)C)c3CCCF)cc2)cc1. The lowest BCUT2D eigenvalue weighted by molar-refractivity contribution is -0.145. The molecule has 0 saturated carbocycles. The van der Waals surface area contributed by atoms with E-state index in [0.717, 1.165) is 6.26 Å². The molecule has 4 rings (SSSR count). The Bertz CT molecular complexity index is 2630. The first-order chi connectivity index (χ1) is 30.6. The predicted octanol–water partition coefficient (Wildman–Crippen LogP) is 9.00. The lowest BCUT2D eigenvalue weighted by atomic mass is 10.0. The van der Waals surface area contributed by atoms with Crippen LogP contribution in [0.2, 0.25) is 0 Å². The number of carbonyl (C=O) groups excluding carboxylic acids is 5. The number of hydrogen-bond acceptors (Lipinski definition) is 12. The molecule has 0 spiro atoms. The quantitative estimate of drug-likeness (QED) is 0.0249. The molecule has 0 heterocycles. The van der Waals surface area contributed by atoms with E-state index in [9.17, 15) is 28.4 Å². The zero-order valence-electron chi connectivity index (χ0n) is 35.6. The maximum Gasteiger partial charge on any atom is 0.343 e. The molecule has 0 saturated heterocycles. The van der Waals surface area contributed by atoms with Gasteiger partial charge in [-0.15, -0.1) is 0 Å². The average molecular weight is 867 g/mol. The molecule has 0 amide bonds. The minimum absolute atomic E-state index is 0.00476. The van der Waals surface area contributed by atoms with E-state index >= 15 is 0 Å². The Kier molecular flexibility index (Phi) is 17.7. The van der Waals surface area contributed by atoms with Crippen LogP contribution in [0.5, 0.6) is 28.7 Å². The van der Waals surface area contributed by atoms with Crippen molar-refractivity contribution in [2.45, 2.75) is 40.5 Å². The smallest absolute Gasteiger partial charge is 0.343 e.